The first-order chi connectivity index (χ1) is 14.5. The van der Waals surface area contributed by atoms with Crippen LogP contribution in [0, 0.1) is 11.7 Å². The van der Waals surface area contributed by atoms with E-state index in [1.54, 1.807) is 17.0 Å². The quantitative estimate of drug-likeness (QED) is 0.743. The van der Waals surface area contributed by atoms with E-state index in [1.807, 2.05) is 12.1 Å². The Hall–Kier alpha value is -2.60. The highest BCUT2D eigenvalue weighted by Gasteiger charge is 2.26. The second kappa shape index (κ2) is 9.04. The van der Waals surface area contributed by atoms with Gasteiger partial charge < -0.3 is 15.0 Å². The molecule has 0 unspecified atom stereocenters. The van der Waals surface area contributed by atoms with Gasteiger partial charge in [-0.1, -0.05) is 11.6 Å². The van der Waals surface area contributed by atoms with Crippen molar-refractivity contribution in [2.45, 2.75) is 31.7 Å². The van der Waals surface area contributed by atoms with Crippen LogP contribution in [0.1, 0.15) is 46.4 Å². The lowest BCUT2D eigenvalue weighted by atomic mass is 9.97. The minimum atomic E-state index is -0.470. The van der Waals surface area contributed by atoms with Gasteiger partial charge in [-0.05, 0) is 74.1 Å². The van der Waals surface area contributed by atoms with Gasteiger partial charge in [0.25, 0.3) is 11.8 Å². The number of benzene rings is 2. The lowest BCUT2D eigenvalue weighted by molar-refractivity contribution is 0.0660. The van der Waals surface area contributed by atoms with Crippen LogP contribution in [0.5, 0.6) is 5.75 Å². The van der Waals surface area contributed by atoms with Crippen molar-refractivity contribution in [3.8, 4) is 5.75 Å². The molecule has 0 bridgehead atoms. The molecule has 1 heterocycles. The molecule has 1 aliphatic carbocycles. The third-order valence-electron chi connectivity index (χ3n) is 5.58. The van der Waals surface area contributed by atoms with Crippen molar-refractivity contribution in [3.63, 3.8) is 0 Å². The minimum Gasteiger partial charge on any atom is -0.493 e. The predicted octanol–water partition coefficient (Wildman–Crippen LogP) is 4.30. The normalized spacial score (nSPS) is 16.9. The predicted molar refractivity (Wildman–Crippen MR) is 112 cm³/mol. The number of hydrogen-bond donors (Lipinski definition) is 1. The highest BCUT2D eigenvalue weighted by molar-refractivity contribution is 6.33. The van der Waals surface area contributed by atoms with Gasteiger partial charge in [0.2, 0.25) is 0 Å². The number of likely N-dealkylation sites (tertiary alicyclic amines) is 1. The van der Waals surface area contributed by atoms with Crippen molar-refractivity contribution >= 4 is 23.4 Å². The fraction of sp³-hybridized carbons (Fsp3) is 0.391. The molecule has 7 heteroatoms. The Morgan fingerprint density at radius 2 is 1.77 bits per heavy atom. The number of carbonyl (C=O) groups is 2. The summed E-state index contributed by atoms with van der Waals surface area (Å²) in [5.74, 6) is 0.304. The maximum absolute atomic E-state index is 13.5. The number of rotatable bonds is 6. The summed E-state index contributed by atoms with van der Waals surface area (Å²) in [6.07, 6.45) is 3.74. The third kappa shape index (κ3) is 5.11. The lowest BCUT2D eigenvalue weighted by Crippen LogP contribution is -2.39. The first-order valence-corrected chi connectivity index (χ1v) is 10.7. The highest BCUT2D eigenvalue weighted by Crippen LogP contribution is 2.24. The molecule has 2 amide bonds. The van der Waals surface area contributed by atoms with E-state index < -0.39 is 5.82 Å². The number of nitrogens with zero attached hydrogens (tertiary/aromatic N) is 1. The van der Waals surface area contributed by atoms with Crippen molar-refractivity contribution in [3.05, 3.63) is 64.4 Å². The summed E-state index contributed by atoms with van der Waals surface area (Å²) in [5, 5.41) is 3.23. The maximum Gasteiger partial charge on any atom is 0.255 e. The largest absolute Gasteiger partial charge is 0.493 e. The van der Waals surface area contributed by atoms with Crippen molar-refractivity contribution < 1.29 is 18.7 Å². The van der Waals surface area contributed by atoms with Crippen LogP contribution in [0.15, 0.2) is 42.5 Å². The van der Waals surface area contributed by atoms with E-state index in [0.29, 0.717) is 37.2 Å². The van der Waals surface area contributed by atoms with Gasteiger partial charge in [-0.2, -0.15) is 0 Å². The van der Waals surface area contributed by atoms with Crippen LogP contribution in [0.3, 0.4) is 0 Å². The fourth-order valence-corrected chi connectivity index (χ4v) is 3.75. The van der Waals surface area contributed by atoms with Crippen molar-refractivity contribution in [2.24, 2.45) is 5.92 Å². The van der Waals surface area contributed by atoms with E-state index in [4.69, 9.17) is 16.3 Å². The number of carbonyl (C=O) groups excluding carboxylic acids is 2. The number of piperidine rings is 1. The Balaban J connectivity index is 1.24. The molecule has 158 valence electrons. The lowest BCUT2D eigenvalue weighted by Gasteiger charge is -2.32. The standard InChI is InChI=1S/C23H24ClFN2O3/c24-21-8-3-17(25)13-20(21)23(29)27-11-9-15(10-12-27)14-30-19-6-1-16(2-7-19)22(28)26-18-4-5-18/h1-3,6-8,13,15,18H,4-5,9-12,14H2,(H,26,28). The number of halogens is 2. The van der Waals surface area contributed by atoms with E-state index in [1.165, 1.54) is 18.2 Å². The second-order valence-corrected chi connectivity index (χ2v) is 8.35. The molecular formula is C23H24ClFN2O3. The van der Waals surface area contributed by atoms with Crippen LogP contribution in [0.4, 0.5) is 4.39 Å². The summed E-state index contributed by atoms with van der Waals surface area (Å²) in [4.78, 5) is 26.4. The summed E-state index contributed by atoms with van der Waals surface area (Å²) >= 11 is 6.06. The molecule has 2 fully saturated rings. The maximum atomic E-state index is 13.5. The van der Waals surface area contributed by atoms with Gasteiger partial charge in [-0.25, -0.2) is 4.39 Å². The number of ether oxygens (including phenoxy) is 1. The topological polar surface area (TPSA) is 58.6 Å². The first-order valence-electron chi connectivity index (χ1n) is 10.3. The average Bonchev–Trinajstić information content (AvgIpc) is 3.58. The Kier molecular flexibility index (Phi) is 6.23. The molecule has 0 radical (unpaired) electrons. The molecule has 5 nitrogen and oxygen atoms in total. The van der Waals surface area contributed by atoms with Gasteiger partial charge in [0.1, 0.15) is 11.6 Å². The van der Waals surface area contributed by atoms with E-state index >= 15 is 0 Å². The number of nitrogens with one attached hydrogen (secondary N) is 1. The van der Waals surface area contributed by atoms with Gasteiger partial charge >= 0.3 is 0 Å². The molecule has 1 N–H and O–H groups in total. The van der Waals surface area contributed by atoms with Crippen LogP contribution in [0.2, 0.25) is 5.02 Å². The molecule has 1 aliphatic heterocycles. The molecule has 4 rings (SSSR count). The fourth-order valence-electron chi connectivity index (χ4n) is 3.55. The summed E-state index contributed by atoms with van der Waals surface area (Å²) < 4.78 is 19.3. The second-order valence-electron chi connectivity index (χ2n) is 7.94. The van der Waals surface area contributed by atoms with E-state index in [9.17, 15) is 14.0 Å². The molecule has 0 atom stereocenters. The molecular weight excluding hydrogens is 407 g/mol. The van der Waals surface area contributed by atoms with Crippen LogP contribution in [-0.2, 0) is 0 Å². The van der Waals surface area contributed by atoms with Gasteiger partial charge in [-0.15, -0.1) is 0 Å². The summed E-state index contributed by atoms with van der Waals surface area (Å²) in [6.45, 7) is 1.72. The van der Waals surface area contributed by atoms with E-state index in [0.717, 1.165) is 31.4 Å². The molecule has 1 saturated heterocycles. The van der Waals surface area contributed by atoms with Crippen LogP contribution < -0.4 is 10.1 Å². The molecule has 0 aromatic heterocycles. The Bertz CT molecular complexity index is 923. The summed E-state index contributed by atoms with van der Waals surface area (Å²) in [7, 11) is 0. The van der Waals surface area contributed by atoms with Crippen molar-refractivity contribution in [1.29, 1.82) is 0 Å². The van der Waals surface area contributed by atoms with Gasteiger partial charge in [0.15, 0.2) is 0 Å². The molecule has 2 aromatic rings. The molecule has 2 aromatic carbocycles. The number of hydrogen-bond acceptors (Lipinski definition) is 3. The Labute approximate surface area is 180 Å². The SMILES string of the molecule is O=C(NC1CC1)c1ccc(OCC2CCN(C(=O)c3cc(F)ccc3Cl)CC2)cc1. The third-order valence-corrected chi connectivity index (χ3v) is 5.90. The minimum absolute atomic E-state index is 0.0421. The Morgan fingerprint density at radius 3 is 2.43 bits per heavy atom. The molecule has 2 aliphatic rings. The highest BCUT2D eigenvalue weighted by atomic mass is 35.5. The van der Waals surface area contributed by atoms with Gasteiger partial charge in [0.05, 0.1) is 17.2 Å². The smallest absolute Gasteiger partial charge is 0.255 e. The van der Waals surface area contributed by atoms with Crippen LogP contribution in [0.25, 0.3) is 0 Å². The van der Waals surface area contributed by atoms with E-state index in [2.05, 4.69) is 5.32 Å². The zero-order valence-electron chi connectivity index (χ0n) is 16.6. The van der Waals surface area contributed by atoms with Crippen LogP contribution >= 0.6 is 11.6 Å². The molecule has 0 spiro atoms. The first kappa shape index (κ1) is 20.7. The average molecular weight is 431 g/mol. The number of amides is 2. The van der Waals surface area contributed by atoms with Gasteiger partial charge in [-0.3, -0.25) is 9.59 Å². The molecule has 30 heavy (non-hydrogen) atoms. The zero-order chi connectivity index (χ0) is 21.1. The molecule has 1 saturated carbocycles. The van der Waals surface area contributed by atoms with Crippen LogP contribution in [-0.4, -0.2) is 42.5 Å². The summed E-state index contributed by atoms with van der Waals surface area (Å²) in [5.41, 5.74) is 0.842. The van der Waals surface area contributed by atoms with Crippen molar-refractivity contribution in [1.82, 2.24) is 10.2 Å². The van der Waals surface area contributed by atoms with Gasteiger partial charge in [0, 0.05) is 24.7 Å². The van der Waals surface area contributed by atoms with Crippen molar-refractivity contribution in [2.75, 3.05) is 19.7 Å². The monoisotopic (exact) mass is 430 g/mol. The zero-order valence-corrected chi connectivity index (χ0v) is 17.3. The summed E-state index contributed by atoms with van der Waals surface area (Å²) in [6, 6.07) is 11.4. The Morgan fingerprint density at radius 1 is 1.07 bits per heavy atom. The van der Waals surface area contributed by atoms with E-state index in [-0.39, 0.29) is 22.4 Å².